The number of aliphatic hydroxyl groups is 1. The molecule has 2 aromatic rings. The fraction of sp³-hybridized carbons (Fsp3) is 0.333. The van der Waals surface area contributed by atoms with Gasteiger partial charge in [0.05, 0.1) is 0 Å². The molecule has 0 saturated carbocycles. The number of carbonyl (C=O) groups excluding carboxylic acids is 1. The molecular formula is C18H19Cl2NO2. The van der Waals surface area contributed by atoms with Crippen LogP contribution in [0.25, 0.3) is 0 Å². The van der Waals surface area contributed by atoms with Gasteiger partial charge in [-0.05, 0) is 37.1 Å². The van der Waals surface area contributed by atoms with Gasteiger partial charge in [-0.25, -0.2) is 0 Å². The van der Waals surface area contributed by atoms with E-state index in [0.29, 0.717) is 27.6 Å². The van der Waals surface area contributed by atoms with Crippen molar-refractivity contribution in [2.45, 2.75) is 38.2 Å². The molecule has 0 bridgehead atoms. The van der Waals surface area contributed by atoms with Crippen LogP contribution in [0, 0.1) is 0 Å². The van der Waals surface area contributed by atoms with Crippen LogP contribution < -0.4 is 0 Å². The van der Waals surface area contributed by atoms with Gasteiger partial charge in [0.2, 0.25) is 0 Å². The van der Waals surface area contributed by atoms with E-state index in [1.807, 2.05) is 6.92 Å². The Hall–Kier alpha value is -1.42. The maximum atomic E-state index is 12.4. The van der Waals surface area contributed by atoms with Gasteiger partial charge in [0.15, 0.2) is 11.4 Å². The van der Waals surface area contributed by atoms with Crippen molar-refractivity contribution in [1.82, 2.24) is 4.98 Å². The fourth-order valence-corrected chi connectivity index (χ4v) is 3.44. The van der Waals surface area contributed by atoms with E-state index < -0.39 is 11.5 Å². The molecule has 5 heteroatoms. The minimum atomic E-state index is -1.68. The molecule has 0 aliphatic heterocycles. The summed E-state index contributed by atoms with van der Waals surface area (Å²) in [6.07, 6.45) is 4.52. The number of benzene rings is 1. The van der Waals surface area contributed by atoms with Crippen LogP contribution in [0.1, 0.15) is 43.7 Å². The highest BCUT2D eigenvalue weighted by atomic mass is 35.5. The molecule has 1 heterocycles. The fourth-order valence-electron chi connectivity index (χ4n) is 2.90. The summed E-state index contributed by atoms with van der Waals surface area (Å²) in [5, 5.41) is 12.3. The van der Waals surface area contributed by atoms with Gasteiger partial charge in [-0.2, -0.15) is 0 Å². The SMILES string of the molecule is CCCC(c1ccc(Cl)cc1Cl)C(O)(C(C)=O)c1cccnc1. The average Bonchev–Trinajstić information content (AvgIpc) is 2.53. The van der Waals surface area contributed by atoms with Crippen LogP contribution in [0.2, 0.25) is 10.0 Å². The Morgan fingerprint density at radius 1 is 1.35 bits per heavy atom. The van der Waals surface area contributed by atoms with E-state index in [9.17, 15) is 9.90 Å². The summed E-state index contributed by atoms with van der Waals surface area (Å²) in [7, 11) is 0. The van der Waals surface area contributed by atoms with E-state index in [1.54, 1.807) is 36.5 Å². The summed E-state index contributed by atoms with van der Waals surface area (Å²) in [6, 6.07) is 8.53. The van der Waals surface area contributed by atoms with Crippen LogP contribution in [-0.2, 0) is 10.4 Å². The Labute approximate surface area is 146 Å². The molecule has 0 aliphatic carbocycles. The minimum absolute atomic E-state index is 0.338. The van der Waals surface area contributed by atoms with Crippen LogP contribution in [0.15, 0.2) is 42.7 Å². The smallest absolute Gasteiger partial charge is 0.166 e. The number of Topliss-reactive ketones (excluding diaryl/α,β-unsaturated/α-hetero) is 1. The van der Waals surface area contributed by atoms with Crippen LogP contribution in [0.3, 0.4) is 0 Å². The number of ketones is 1. The summed E-state index contributed by atoms with van der Waals surface area (Å²) in [5.41, 5.74) is -0.502. The van der Waals surface area contributed by atoms with Crippen molar-refractivity contribution in [2.75, 3.05) is 0 Å². The predicted octanol–water partition coefficient (Wildman–Crippen LogP) is 4.75. The zero-order valence-electron chi connectivity index (χ0n) is 13.1. The summed E-state index contributed by atoms with van der Waals surface area (Å²) < 4.78 is 0. The monoisotopic (exact) mass is 351 g/mol. The minimum Gasteiger partial charge on any atom is -0.377 e. The number of halogens is 2. The molecule has 3 nitrogen and oxygen atoms in total. The van der Waals surface area contributed by atoms with Gasteiger partial charge in [-0.1, -0.05) is 48.7 Å². The van der Waals surface area contributed by atoms with Gasteiger partial charge in [-0.15, -0.1) is 0 Å². The summed E-state index contributed by atoms with van der Waals surface area (Å²) >= 11 is 12.3. The molecule has 0 spiro atoms. The molecule has 1 aromatic heterocycles. The molecule has 23 heavy (non-hydrogen) atoms. The van der Waals surface area contributed by atoms with Crippen molar-refractivity contribution in [3.63, 3.8) is 0 Å². The molecule has 2 unspecified atom stereocenters. The van der Waals surface area contributed by atoms with E-state index >= 15 is 0 Å². The van der Waals surface area contributed by atoms with Gasteiger partial charge < -0.3 is 5.11 Å². The van der Waals surface area contributed by atoms with Gasteiger partial charge >= 0.3 is 0 Å². The molecule has 1 N–H and O–H groups in total. The third kappa shape index (κ3) is 3.57. The molecule has 2 atom stereocenters. The lowest BCUT2D eigenvalue weighted by Crippen LogP contribution is -2.40. The second-order valence-electron chi connectivity index (χ2n) is 5.57. The van der Waals surface area contributed by atoms with Crippen LogP contribution in [0.4, 0.5) is 0 Å². The van der Waals surface area contributed by atoms with E-state index in [4.69, 9.17) is 23.2 Å². The number of nitrogens with zero attached hydrogens (tertiary/aromatic N) is 1. The van der Waals surface area contributed by atoms with Crippen LogP contribution in [0.5, 0.6) is 0 Å². The lowest BCUT2D eigenvalue weighted by atomic mass is 9.73. The van der Waals surface area contributed by atoms with Crippen molar-refractivity contribution in [3.05, 3.63) is 63.9 Å². The molecule has 2 rings (SSSR count). The summed E-state index contributed by atoms with van der Waals surface area (Å²) in [6.45, 7) is 3.39. The Balaban J connectivity index is 2.63. The molecule has 1 aromatic carbocycles. The van der Waals surface area contributed by atoms with Crippen LogP contribution >= 0.6 is 23.2 Å². The topological polar surface area (TPSA) is 50.2 Å². The Morgan fingerprint density at radius 3 is 2.61 bits per heavy atom. The third-order valence-corrected chi connectivity index (χ3v) is 4.62. The lowest BCUT2D eigenvalue weighted by Gasteiger charge is -2.35. The van der Waals surface area contributed by atoms with Crippen molar-refractivity contribution in [2.24, 2.45) is 0 Å². The first-order valence-corrected chi connectivity index (χ1v) is 8.25. The van der Waals surface area contributed by atoms with E-state index in [0.717, 1.165) is 6.42 Å². The standard InChI is InChI=1S/C18H19Cl2NO2/c1-3-5-16(15-8-7-14(19)10-17(15)20)18(23,12(2)22)13-6-4-9-21-11-13/h4,6-11,16,23H,3,5H2,1-2H3. The molecule has 0 aliphatic rings. The maximum absolute atomic E-state index is 12.4. The molecule has 122 valence electrons. The van der Waals surface area contributed by atoms with E-state index in [2.05, 4.69) is 4.98 Å². The molecular weight excluding hydrogens is 333 g/mol. The zero-order valence-corrected chi connectivity index (χ0v) is 14.6. The number of pyridine rings is 1. The van der Waals surface area contributed by atoms with E-state index in [1.165, 1.54) is 13.1 Å². The van der Waals surface area contributed by atoms with Crippen molar-refractivity contribution < 1.29 is 9.90 Å². The van der Waals surface area contributed by atoms with Crippen molar-refractivity contribution >= 4 is 29.0 Å². The Kier molecular flexibility index (Phi) is 5.79. The number of hydrogen-bond donors (Lipinski definition) is 1. The second-order valence-corrected chi connectivity index (χ2v) is 6.41. The number of aromatic nitrogens is 1. The first-order chi connectivity index (χ1) is 10.9. The summed E-state index contributed by atoms with van der Waals surface area (Å²) in [5.74, 6) is -0.811. The molecule has 0 radical (unpaired) electrons. The number of rotatable bonds is 6. The van der Waals surface area contributed by atoms with Crippen molar-refractivity contribution in [1.29, 1.82) is 0 Å². The van der Waals surface area contributed by atoms with Crippen molar-refractivity contribution in [3.8, 4) is 0 Å². The highest BCUT2D eigenvalue weighted by Crippen LogP contribution is 2.43. The lowest BCUT2D eigenvalue weighted by molar-refractivity contribution is -0.139. The highest BCUT2D eigenvalue weighted by Gasteiger charge is 2.44. The Morgan fingerprint density at radius 2 is 2.09 bits per heavy atom. The molecule has 0 saturated heterocycles. The number of carbonyl (C=O) groups is 1. The highest BCUT2D eigenvalue weighted by molar-refractivity contribution is 6.35. The largest absolute Gasteiger partial charge is 0.377 e. The molecule has 0 fully saturated rings. The third-order valence-electron chi connectivity index (χ3n) is 4.06. The first-order valence-electron chi connectivity index (χ1n) is 7.50. The Bertz CT molecular complexity index is 691. The first kappa shape index (κ1) is 17.9. The summed E-state index contributed by atoms with van der Waals surface area (Å²) in [4.78, 5) is 16.4. The second kappa shape index (κ2) is 7.43. The van der Waals surface area contributed by atoms with E-state index in [-0.39, 0.29) is 5.78 Å². The normalized spacial score (nSPS) is 15.0. The van der Waals surface area contributed by atoms with Gasteiger partial charge in [0, 0.05) is 33.9 Å². The quantitative estimate of drug-likeness (QED) is 0.816. The van der Waals surface area contributed by atoms with Crippen LogP contribution in [-0.4, -0.2) is 15.9 Å². The average molecular weight is 352 g/mol. The molecule has 0 amide bonds. The zero-order chi connectivity index (χ0) is 17.0. The van der Waals surface area contributed by atoms with Gasteiger partial charge in [-0.3, -0.25) is 9.78 Å². The predicted molar refractivity (Wildman–Crippen MR) is 92.9 cm³/mol. The maximum Gasteiger partial charge on any atom is 0.166 e. The van der Waals surface area contributed by atoms with Gasteiger partial charge in [0.1, 0.15) is 0 Å². The van der Waals surface area contributed by atoms with Gasteiger partial charge in [0.25, 0.3) is 0 Å². The number of hydrogen-bond acceptors (Lipinski definition) is 3.